The van der Waals surface area contributed by atoms with E-state index in [2.05, 4.69) is 10.6 Å². The summed E-state index contributed by atoms with van der Waals surface area (Å²) in [6, 6.07) is 6.45. The summed E-state index contributed by atoms with van der Waals surface area (Å²) >= 11 is 0. The number of sulfonamides is 1. The van der Waals surface area contributed by atoms with Gasteiger partial charge in [-0.15, -0.1) is 0 Å². The van der Waals surface area contributed by atoms with Crippen LogP contribution in [0, 0.1) is 0 Å². The minimum absolute atomic E-state index is 0.153. The Bertz CT molecular complexity index is 716. The molecule has 0 atom stereocenters. The number of hydrogen-bond acceptors (Lipinski definition) is 4. The quantitative estimate of drug-likeness (QED) is 0.569. The lowest BCUT2D eigenvalue weighted by Crippen LogP contribution is -3.06. The smallest absolute Gasteiger partial charge is 0.313 e. The van der Waals surface area contributed by atoms with Crippen LogP contribution >= 0.6 is 0 Å². The number of benzene rings is 1. The summed E-state index contributed by atoms with van der Waals surface area (Å²) in [5.41, 5.74) is 1.01. The maximum Gasteiger partial charge on any atom is 0.313 e. The summed E-state index contributed by atoms with van der Waals surface area (Å²) in [5.74, 6) is -1.28. The van der Waals surface area contributed by atoms with Crippen LogP contribution in [0.1, 0.15) is 12.8 Å². The molecule has 1 aromatic rings. The lowest BCUT2D eigenvalue weighted by molar-refractivity contribution is -0.856. The first-order valence-corrected chi connectivity index (χ1v) is 9.89. The molecule has 25 heavy (non-hydrogen) atoms. The van der Waals surface area contributed by atoms with E-state index in [4.69, 9.17) is 0 Å². The van der Waals surface area contributed by atoms with Crippen LogP contribution in [0.15, 0.2) is 24.3 Å². The fourth-order valence-electron chi connectivity index (χ4n) is 2.48. The number of nitrogens with zero attached hydrogens (tertiary/aromatic N) is 1. The summed E-state index contributed by atoms with van der Waals surface area (Å²) in [5, 5.41) is 5.05. The molecule has 1 aliphatic rings. The van der Waals surface area contributed by atoms with Crippen molar-refractivity contribution in [3.05, 3.63) is 24.3 Å². The first kappa shape index (κ1) is 19.2. The van der Waals surface area contributed by atoms with Gasteiger partial charge in [0.2, 0.25) is 10.0 Å². The predicted octanol–water partition coefficient (Wildman–Crippen LogP) is -1.18. The molecule has 2 rings (SSSR count). The highest BCUT2D eigenvalue weighted by Gasteiger charge is 2.25. The predicted molar refractivity (Wildman–Crippen MR) is 96.1 cm³/mol. The van der Waals surface area contributed by atoms with E-state index in [1.165, 1.54) is 9.21 Å². The van der Waals surface area contributed by atoms with Gasteiger partial charge in [0.1, 0.15) is 0 Å². The van der Waals surface area contributed by atoms with E-state index in [0.29, 0.717) is 30.9 Å². The third-order valence-electron chi connectivity index (χ3n) is 3.88. The van der Waals surface area contributed by atoms with Gasteiger partial charge < -0.3 is 15.5 Å². The molecule has 0 aromatic heterocycles. The summed E-state index contributed by atoms with van der Waals surface area (Å²) in [7, 11) is 0.646. The number of likely N-dealkylation sites (N-methyl/N-ethyl adjacent to an activating group) is 1. The van der Waals surface area contributed by atoms with Crippen molar-refractivity contribution in [2.75, 3.05) is 49.1 Å². The lowest BCUT2D eigenvalue weighted by Gasteiger charge is -2.28. The molecule has 1 aromatic carbocycles. The van der Waals surface area contributed by atoms with Gasteiger partial charge in [-0.05, 0) is 37.1 Å². The third kappa shape index (κ3) is 5.43. The van der Waals surface area contributed by atoms with Gasteiger partial charge in [-0.3, -0.25) is 13.9 Å². The molecule has 0 bridgehead atoms. The molecule has 1 saturated heterocycles. The standard InChI is InChI=1S/C16H24N4O4S/c1-19(2)11-9-17-15(21)16(22)18-13-5-7-14(8-6-13)20-10-3-4-12-25(20,23)24/h5-8H,3-4,9-12H2,1-2H3,(H,17,21)(H,18,22)/p+1. The summed E-state index contributed by atoms with van der Waals surface area (Å²) in [4.78, 5) is 24.7. The van der Waals surface area contributed by atoms with Crippen LogP contribution in [0.5, 0.6) is 0 Å². The molecule has 0 unspecified atom stereocenters. The van der Waals surface area contributed by atoms with Crippen LogP contribution in [0.2, 0.25) is 0 Å². The molecule has 0 aliphatic carbocycles. The second-order valence-corrected chi connectivity index (χ2v) is 8.32. The Morgan fingerprint density at radius 3 is 2.40 bits per heavy atom. The normalized spacial score (nSPS) is 16.5. The number of nitrogens with one attached hydrogen (secondary N) is 3. The Morgan fingerprint density at radius 1 is 1.12 bits per heavy atom. The van der Waals surface area contributed by atoms with Gasteiger partial charge in [0.15, 0.2) is 0 Å². The minimum atomic E-state index is -3.26. The van der Waals surface area contributed by atoms with Crippen molar-refractivity contribution in [3.63, 3.8) is 0 Å². The van der Waals surface area contributed by atoms with Crippen LogP contribution in [-0.2, 0) is 19.6 Å². The molecule has 0 radical (unpaired) electrons. The van der Waals surface area contributed by atoms with E-state index in [9.17, 15) is 18.0 Å². The summed E-state index contributed by atoms with van der Waals surface area (Å²) < 4.78 is 25.6. The molecular formula is C16H25N4O4S+. The molecule has 8 nitrogen and oxygen atoms in total. The van der Waals surface area contributed by atoms with Crippen LogP contribution in [-0.4, -0.2) is 59.7 Å². The van der Waals surface area contributed by atoms with E-state index >= 15 is 0 Å². The summed E-state index contributed by atoms with van der Waals surface area (Å²) in [6.07, 6.45) is 1.50. The molecule has 3 N–H and O–H groups in total. The van der Waals surface area contributed by atoms with Crippen LogP contribution in [0.4, 0.5) is 11.4 Å². The fourth-order valence-corrected chi connectivity index (χ4v) is 4.12. The van der Waals surface area contributed by atoms with E-state index in [1.807, 2.05) is 14.1 Å². The number of rotatable bonds is 5. The van der Waals surface area contributed by atoms with E-state index in [-0.39, 0.29) is 5.75 Å². The number of quaternary nitrogens is 1. The van der Waals surface area contributed by atoms with Gasteiger partial charge in [0, 0.05) is 12.2 Å². The molecule has 9 heteroatoms. The SMILES string of the molecule is C[NH+](C)CCNC(=O)C(=O)Nc1ccc(N2CCCCS2(=O)=O)cc1. The third-order valence-corrected chi connectivity index (χ3v) is 5.75. The van der Waals surface area contributed by atoms with Gasteiger partial charge in [-0.25, -0.2) is 8.42 Å². The Labute approximate surface area is 148 Å². The van der Waals surface area contributed by atoms with Crippen molar-refractivity contribution in [1.82, 2.24) is 5.32 Å². The Balaban J connectivity index is 1.93. The Hall–Kier alpha value is -2.13. The number of anilines is 2. The molecule has 1 heterocycles. The molecule has 0 spiro atoms. The second kappa shape index (κ2) is 8.30. The largest absolute Gasteiger partial charge is 0.342 e. The monoisotopic (exact) mass is 369 g/mol. The van der Waals surface area contributed by atoms with E-state index in [1.54, 1.807) is 24.3 Å². The zero-order valence-electron chi connectivity index (χ0n) is 14.5. The first-order valence-electron chi connectivity index (χ1n) is 8.28. The fraction of sp³-hybridized carbons (Fsp3) is 0.500. The number of carbonyl (C=O) groups excluding carboxylic acids is 2. The van der Waals surface area contributed by atoms with Crippen molar-refractivity contribution in [2.45, 2.75) is 12.8 Å². The van der Waals surface area contributed by atoms with Crippen LogP contribution in [0.3, 0.4) is 0 Å². The number of amides is 2. The second-order valence-electron chi connectivity index (χ2n) is 6.31. The number of hydrogen-bond donors (Lipinski definition) is 3. The average molecular weight is 369 g/mol. The van der Waals surface area contributed by atoms with Crippen molar-refractivity contribution in [3.8, 4) is 0 Å². The van der Waals surface area contributed by atoms with Crippen molar-refractivity contribution in [1.29, 1.82) is 0 Å². The average Bonchev–Trinajstić information content (AvgIpc) is 2.55. The highest BCUT2D eigenvalue weighted by molar-refractivity contribution is 7.92. The van der Waals surface area contributed by atoms with Crippen LogP contribution < -0.4 is 19.8 Å². The van der Waals surface area contributed by atoms with Crippen LogP contribution in [0.25, 0.3) is 0 Å². The number of carbonyl (C=O) groups is 2. The minimum Gasteiger partial charge on any atom is -0.342 e. The van der Waals surface area contributed by atoms with Crippen molar-refractivity contribution in [2.24, 2.45) is 0 Å². The van der Waals surface area contributed by atoms with E-state index < -0.39 is 21.8 Å². The summed E-state index contributed by atoms with van der Waals surface area (Å²) in [6.45, 7) is 1.60. The van der Waals surface area contributed by atoms with Gasteiger partial charge in [-0.1, -0.05) is 0 Å². The maximum absolute atomic E-state index is 12.1. The molecule has 138 valence electrons. The molecule has 0 saturated carbocycles. The van der Waals surface area contributed by atoms with Gasteiger partial charge in [-0.2, -0.15) is 0 Å². The zero-order chi connectivity index (χ0) is 18.4. The molecule has 1 fully saturated rings. The molecule has 2 amide bonds. The van der Waals surface area contributed by atoms with Gasteiger partial charge >= 0.3 is 11.8 Å². The topological polar surface area (TPSA) is 100 Å². The lowest BCUT2D eigenvalue weighted by atomic mass is 10.2. The maximum atomic E-state index is 12.1. The van der Waals surface area contributed by atoms with Gasteiger partial charge in [0.05, 0.1) is 38.6 Å². The van der Waals surface area contributed by atoms with Crippen molar-refractivity contribution >= 4 is 33.2 Å². The molecular weight excluding hydrogens is 344 g/mol. The van der Waals surface area contributed by atoms with Gasteiger partial charge in [0.25, 0.3) is 0 Å². The Kier molecular flexibility index (Phi) is 6.38. The highest BCUT2D eigenvalue weighted by Crippen LogP contribution is 2.24. The molecule has 1 aliphatic heterocycles. The zero-order valence-corrected chi connectivity index (χ0v) is 15.4. The van der Waals surface area contributed by atoms with Crippen molar-refractivity contribution < 1.29 is 22.9 Å². The first-order chi connectivity index (χ1) is 11.8. The van der Waals surface area contributed by atoms with E-state index in [0.717, 1.165) is 13.0 Å². The highest BCUT2D eigenvalue weighted by atomic mass is 32.2. The Morgan fingerprint density at radius 2 is 1.80 bits per heavy atom.